The van der Waals surface area contributed by atoms with Crippen molar-refractivity contribution in [1.29, 1.82) is 0 Å². The Hall–Kier alpha value is -0.890. The normalized spacial score (nSPS) is 26.9. The number of fused-ring (bicyclic) bond motifs is 1. The van der Waals surface area contributed by atoms with Gasteiger partial charge >= 0.3 is 0 Å². The summed E-state index contributed by atoms with van der Waals surface area (Å²) in [6, 6.07) is 4.18. The third-order valence-corrected chi connectivity index (χ3v) is 3.07. The van der Waals surface area contributed by atoms with Crippen molar-refractivity contribution in [3.8, 4) is 0 Å². The fourth-order valence-electron chi connectivity index (χ4n) is 1.97. The molecule has 0 amide bonds. The number of pyridine rings is 1. The molecule has 1 aromatic rings. The maximum Gasteiger partial charge on any atom is 0.0520 e. The van der Waals surface area contributed by atoms with E-state index in [1.54, 1.807) is 0 Å². The highest BCUT2D eigenvalue weighted by atomic mass is 14.9. The molecule has 1 aliphatic heterocycles. The lowest BCUT2D eigenvalue weighted by Crippen LogP contribution is -2.41. The highest BCUT2D eigenvalue weighted by molar-refractivity contribution is 5.29. The van der Waals surface area contributed by atoms with Gasteiger partial charge in [-0.2, -0.15) is 0 Å². The van der Waals surface area contributed by atoms with Crippen LogP contribution < -0.4 is 5.32 Å². The maximum absolute atomic E-state index is 4.50. The molecule has 2 heteroatoms. The van der Waals surface area contributed by atoms with Crippen LogP contribution in [0, 0.1) is 0 Å². The van der Waals surface area contributed by atoms with Crippen LogP contribution in [0.2, 0.25) is 0 Å². The van der Waals surface area contributed by atoms with Crippen molar-refractivity contribution in [2.45, 2.75) is 32.2 Å². The lowest BCUT2D eigenvalue weighted by Gasteiger charge is -2.34. The van der Waals surface area contributed by atoms with Crippen LogP contribution in [0.15, 0.2) is 18.3 Å². The highest BCUT2D eigenvalue weighted by Gasteiger charge is 2.31. The minimum absolute atomic E-state index is 0.231. The molecule has 0 aromatic carbocycles. The van der Waals surface area contributed by atoms with Crippen LogP contribution in [0.1, 0.15) is 31.5 Å². The quantitative estimate of drug-likeness (QED) is 0.706. The molecule has 1 N–H and O–H groups in total. The maximum atomic E-state index is 4.50. The first-order valence-corrected chi connectivity index (χ1v) is 4.91. The number of rotatable bonds is 1. The molecule has 0 saturated carbocycles. The lowest BCUT2D eigenvalue weighted by molar-refractivity contribution is 0.376. The summed E-state index contributed by atoms with van der Waals surface area (Å²) >= 11 is 0. The van der Waals surface area contributed by atoms with E-state index in [1.807, 2.05) is 12.3 Å². The van der Waals surface area contributed by atoms with E-state index in [4.69, 9.17) is 0 Å². The molecule has 2 heterocycles. The SMILES string of the molecule is CCC1(C)CNCc2cccnc21. The zero-order valence-corrected chi connectivity index (χ0v) is 8.30. The summed E-state index contributed by atoms with van der Waals surface area (Å²) in [7, 11) is 0. The number of hydrogen-bond acceptors (Lipinski definition) is 2. The van der Waals surface area contributed by atoms with E-state index >= 15 is 0 Å². The smallest absolute Gasteiger partial charge is 0.0520 e. The minimum atomic E-state index is 0.231. The first-order valence-electron chi connectivity index (χ1n) is 4.91. The molecule has 0 fully saturated rings. The van der Waals surface area contributed by atoms with Gasteiger partial charge < -0.3 is 5.32 Å². The summed E-state index contributed by atoms with van der Waals surface area (Å²) < 4.78 is 0. The van der Waals surface area contributed by atoms with E-state index in [0.29, 0.717) is 0 Å². The molecule has 70 valence electrons. The van der Waals surface area contributed by atoms with Gasteiger partial charge in [-0.3, -0.25) is 4.98 Å². The summed E-state index contributed by atoms with van der Waals surface area (Å²) in [4.78, 5) is 4.50. The second kappa shape index (κ2) is 3.11. The number of hydrogen-bond donors (Lipinski definition) is 1. The number of nitrogens with zero attached hydrogens (tertiary/aromatic N) is 1. The molecule has 13 heavy (non-hydrogen) atoms. The Kier molecular flexibility index (Phi) is 2.08. The molecule has 0 radical (unpaired) electrons. The van der Waals surface area contributed by atoms with Crippen molar-refractivity contribution in [3.63, 3.8) is 0 Å². The molecule has 2 nitrogen and oxygen atoms in total. The molecule has 1 aliphatic rings. The molecule has 0 aliphatic carbocycles. The van der Waals surface area contributed by atoms with E-state index in [9.17, 15) is 0 Å². The van der Waals surface area contributed by atoms with Crippen molar-refractivity contribution in [2.24, 2.45) is 0 Å². The molecule has 0 spiro atoms. The third-order valence-electron chi connectivity index (χ3n) is 3.07. The molecule has 1 aromatic heterocycles. The van der Waals surface area contributed by atoms with Gasteiger partial charge in [0.15, 0.2) is 0 Å². The Morgan fingerprint density at radius 2 is 2.46 bits per heavy atom. The van der Waals surface area contributed by atoms with Crippen LogP contribution in [-0.4, -0.2) is 11.5 Å². The number of nitrogens with one attached hydrogen (secondary N) is 1. The summed E-state index contributed by atoms with van der Waals surface area (Å²) in [5.74, 6) is 0. The van der Waals surface area contributed by atoms with Crippen LogP contribution >= 0.6 is 0 Å². The van der Waals surface area contributed by atoms with Crippen molar-refractivity contribution in [3.05, 3.63) is 29.6 Å². The Balaban J connectivity index is 2.48. The Bertz CT molecular complexity index is 309. The van der Waals surface area contributed by atoms with Gasteiger partial charge in [0.05, 0.1) is 5.69 Å². The fourth-order valence-corrected chi connectivity index (χ4v) is 1.97. The lowest BCUT2D eigenvalue weighted by atomic mass is 9.79. The van der Waals surface area contributed by atoms with Crippen LogP contribution in [0.3, 0.4) is 0 Å². The second-order valence-electron chi connectivity index (χ2n) is 4.03. The Morgan fingerprint density at radius 1 is 1.62 bits per heavy atom. The largest absolute Gasteiger partial charge is 0.312 e. The third kappa shape index (κ3) is 1.35. The Morgan fingerprint density at radius 3 is 3.23 bits per heavy atom. The topological polar surface area (TPSA) is 24.9 Å². The summed E-state index contributed by atoms with van der Waals surface area (Å²) in [6.07, 6.45) is 3.04. The van der Waals surface area contributed by atoms with Crippen LogP contribution in [0.25, 0.3) is 0 Å². The average molecular weight is 176 g/mol. The molecular formula is C11H16N2. The van der Waals surface area contributed by atoms with E-state index < -0.39 is 0 Å². The van der Waals surface area contributed by atoms with Gasteiger partial charge in [0.25, 0.3) is 0 Å². The van der Waals surface area contributed by atoms with Gasteiger partial charge in [-0.05, 0) is 18.1 Å². The van der Waals surface area contributed by atoms with Gasteiger partial charge in [0.2, 0.25) is 0 Å². The summed E-state index contributed by atoms with van der Waals surface area (Å²) in [5, 5.41) is 3.44. The first kappa shape index (κ1) is 8.70. The van der Waals surface area contributed by atoms with Gasteiger partial charge in [-0.25, -0.2) is 0 Å². The molecule has 0 bridgehead atoms. The van der Waals surface area contributed by atoms with Gasteiger partial charge in [0, 0.05) is 24.7 Å². The molecule has 1 atom stereocenters. The molecule has 2 rings (SSSR count). The summed E-state index contributed by atoms with van der Waals surface area (Å²) in [6.45, 7) is 6.53. The predicted molar refractivity (Wildman–Crippen MR) is 53.6 cm³/mol. The predicted octanol–water partition coefficient (Wildman–Crippen LogP) is 1.85. The van der Waals surface area contributed by atoms with Crippen molar-refractivity contribution < 1.29 is 0 Å². The van der Waals surface area contributed by atoms with Gasteiger partial charge in [-0.15, -0.1) is 0 Å². The fraction of sp³-hybridized carbons (Fsp3) is 0.545. The zero-order chi connectivity index (χ0) is 9.31. The zero-order valence-electron chi connectivity index (χ0n) is 8.30. The monoisotopic (exact) mass is 176 g/mol. The minimum Gasteiger partial charge on any atom is -0.312 e. The van der Waals surface area contributed by atoms with Crippen LogP contribution in [0.4, 0.5) is 0 Å². The van der Waals surface area contributed by atoms with Crippen LogP contribution in [-0.2, 0) is 12.0 Å². The van der Waals surface area contributed by atoms with E-state index in [2.05, 4.69) is 30.2 Å². The highest BCUT2D eigenvalue weighted by Crippen LogP contribution is 2.30. The van der Waals surface area contributed by atoms with Crippen molar-refractivity contribution in [2.75, 3.05) is 6.54 Å². The molecule has 1 unspecified atom stereocenters. The van der Waals surface area contributed by atoms with Crippen molar-refractivity contribution in [1.82, 2.24) is 10.3 Å². The average Bonchev–Trinajstić information content (AvgIpc) is 2.19. The van der Waals surface area contributed by atoms with Gasteiger partial charge in [-0.1, -0.05) is 19.9 Å². The second-order valence-corrected chi connectivity index (χ2v) is 4.03. The standard InChI is InChI=1S/C11H16N2/c1-3-11(2)8-12-7-9-5-4-6-13-10(9)11/h4-6,12H,3,7-8H2,1-2H3. The van der Waals surface area contributed by atoms with Crippen molar-refractivity contribution >= 4 is 0 Å². The summed E-state index contributed by atoms with van der Waals surface area (Å²) in [5.41, 5.74) is 2.88. The Labute approximate surface area is 79.4 Å². The van der Waals surface area contributed by atoms with Gasteiger partial charge in [0.1, 0.15) is 0 Å². The van der Waals surface area contributed by atoms with E-state index in [-0.39, 0.29) is 5.41 Å². The number of aromatic nitrogens is 1. The van der Waals surface area contributed by atoms with E-state index in [1.165, 1.54) is 11.3 Å². The molecular weight excluding hydrogens is 160 g/mol. The van der Waals surface area contributed by atoms with E-state index in [0.717, 1.165) is 19.5 Å². The van der Waals surface area contributed by atoms with Crippen LogP contribution in [0.5, 0.6) is 0 Å². The first-order chi connectivity index (χ1) is 6.26. The molecule has 0 saturated heterocycles.